The van der Waals surface area contributed by atoms with E-state index in [1.54, 1.807) is 6.07 Å². The first-order valence-electron chi connectivity index (χ1n) is 6.18. The zero-order valence-electron chi connectivity index (χ0n) is 11.4. The first-order chi connectivity index (χ1) is 10.9. The van der Waals surface area contributed by atoms with Gasteiger partial charge in [0.15, 0.2) is 6.61 Å². The Morgan fingerprint density at radius 2 is 1.87 bits per heavy atom. The van der Waals surface area contributed by atoms with Crippen LogP contribution in [-0.2, 0) is 4.79 Å². The summed E-state index contributed by atoms with van der Waals surface area (Å²) in [6.07, 6.45) is 0. The highest BCUT2D eigenvalue weighted by atomic mass is 35.5. The van der Waals surface area contributed by atoms with Crippen LogP contribution >= 0.6 is 34.8 Å². The fraction of sp³-hybridized carbons (Fsp3) is 0.0714. The molecule has 23 heavy (non-hydrogen) atoms. The van der Waals surface area contributed by atoms with Crippen LogP contribution in [0.15, 0.2) is 36.4 Å². The monoisotopic (exact) mass is 374 g/mol. The number of benzene rings is 2. The molecular formula is C14H9Cl3N2O4. The van der Waals surface area contributed by atoms with Crippen LogP contribution in [0.25, 0.3) is 0 Å². The minimum atomic E-state index is -0.619. The first-order valence-corrected chi connectivity index (χ1v) is 7.32. The Bertz CT molecular complexity index is 768. The molecular weight excluding hydrogens is 367 g/mol. The molecule has 0 aromatic heterocycles. The number of ether oxygens (including phenoxy) is 1. The van der Waals surface area contributed by atoms with Gasteiger partial charge in [0, 0.05) is 17.2 Å². The van der Waals surface area contributed by atoms with Gasteiger partial charge in [0.2, 0.25) is 0 Å². The summed E-state index contributed by atoms with van der Waals surface area (Å²) in [5.74, 6) is -0.239. The summed E-state index contributed by atoms with van der Waals surface area (Å²) >= 11 is 17.4. The van der Waals surface area contributed by atoms with E-state index in [1.165, 1.54) is 30.3 Å². The molecule has 2 rings (SSSR count). The van der Waals surface area contributed by atoms with Crippen molar-refractivity contribution >= 4 is 52.1 Å². The summed E-state index contributed by atoms with van der Waals surface area (Å²) in [5.41, 5.74) is -0.275. The molecule has 0 saturated carbocycles. The molecule has 2 aromatic rings. The smallest absolute Gasteiger partial charge is 0.292 e. The first kappa shape index (κ1) is 17.3. The predicted molar refractivity (Wildman–Crippen MR) is 88.7 cm³/mol. The second kappa shape index (κ2) is 7.50. The zero-order valence-corrected chi connectivity index (χ0v) is 13.7. The molecule has 0 unspecified atom stereocenters. The number of anilines is 1. The Hall–Kier alpha value is -2.02. The fourth-order valence-corrected chi connectivity index (χ4v) is 2.13. The minimum Gasteiger partial charge on any atom is -0.484 e. The number of nitro benzene ring substituents is 1. The number of rotatable bonds is 5. The highest BCUT2D eigenvalue weighted by Crippen LogP contribution is 2.28. The van der Waals surface area contributed by atoms with Crippen LogP contribution in [0.1, 0.15) is 0 Å². The Kier molecular flexibility index (Phi) is 5.65. The van der Waals surface area contributed by atoms with E-state index < -0.39 is 10.8 Å². The Morgan fingerprint density at radius 1 is 1.13 bits per heavy atom. The number of carbonyl (C=O) groups is 1. The van der Waals surface area contributed by atoms with E-state index in [4.69, 9.17) is 39.5 Å². The van der Waals surface area contributed by atoms with Gasteiger partial charge >= 0.3 is 0 Å². The quantitative estimate of drug-likeness (QED) is 0.613. The summed E-state index contributed by atoms with van der Waals surface area (Å²) in [4.78, 5) is 22.2. The van der Waals surface area contributed by atoms with E-state index >= 15 is 0 Å². The molecule has 1 amide bonds. The van der Waals surface area contributed by atoms with E-state index in [-0.39, 0.29) is 28.0 Å². The number of halogens is 3. The third-order valence-electron chi connectivity index (χ3n) is 2.69. The molecule has 0 saturated heterocycles. The maximum absolute atomic E-state index is 11.9. The molecule has 0 heterocycles. The number of amides is 1. The normalized spacial score (nSPS) is 10.2. The molecule has 2 aromatic carbocycles. The van der Waals surface area contributed by atoms with Crippen molar-refractivity contribution < 1.29 is 14.5 Å². The van der Waals surface area contributed by atoms with Gasteiger partial charge in [-0.15, -0.1) is 0 Å². The van der Waals surface area contributed by atoms with E-state index in [0.29, 0.717) is 10.8 Å². The lowest BCUT2D eigenvalue weighted by Crippen LogP contribution is -2.20. The number of hydrogen-bond acceptors (Lipinski definition) is 4. The molecule has 0 aliphatic heterocycles. The van der Waals surface area contributed by atoms with Crippen molar-refractivity contribution in [2.24, 2.45) is 0 Å². The summed E-state index contributed by atoms with van der Waals surface area (Å²) in [6, 6.07) is 8.39. The summed E-state index contributed by atoms with van der Waals surface area (Å²) in [6.45, 7) is -0.359. The van der Waals surface area contributed by atoms with Crippen molar-refractivity contribution in [2.75, 3.05) is 11.9 Å². The third kappa shape index (κ3) is 4.72. The van der Waals surface area contributed by atoms with E-state index in [0.717, 1.165) is 0 Å². The molecule has 6 nitrogen and oxygen atoms in total. The van der Waals surface area contributed by atoms with Crippen LogP contribution < -0.4 is 10.1 Å². The number of nitrogens with zero attached hydrogens (tertiary/aromatic N) is 1. The highest BCUT2D eigenvalue weighted by molar-refractivity contribution is 6.42. The van der Waals surface area contributed by atoms with Gasteiger partial charge in [-0.3, -0.25) is 14.9 Å². The highest BCUT2D eigenvalue weighted by Gasteiger charge is 2.16. The number of nitrogens with one attached hydrogen (secondary N) is 1. The number of carbonyl (C=O) groups excluding carboxylic acids is 1. The Morgan fingerprint density at radius 3 is 2.52 bits per heavy atom. The van der Waals surface area contributed by atoms with E-state index in [2.05, 4.69) is 5.32 Å². The van der Waals surface area contributed by atoms with Crippen LogP contribution in [0.3, 0.4) is 0 Å². The molecule has 0 radical (unpaired) electrons. The van der Waals surface area contributed by atoms with Crippen LogP contribution in [0.2, 0.25) is 15.1 Å². The molecule has 0 atom stereocenters. The number of nitro groups is 1. The van der Waals surface area contributed by atoms with Crippen molar-refractivity contribution in [1.82, 2.24) is 0 Å². The molecule has 1 N–H and O–H groups in total. The van der Waals surface area contributed by atoms with Gasteiger partial charge in [0.05, 0.1) is 15.0 Å². The molecule has 9 heteroatoms. The summed E-state index contributed by atoms with van der Waals surface area (Å²) < 4.78 is 5.25. The zero-order chi connectivity index (χ0) is 17.0. The Balaban J connectivity index is 2.03. The fourth-order valence-electron chi connectivity index (χ4n) is 1.67. The van der Waals surface area contributed by atoms with Gasteiger partial charge in [0.1, 0.15) is 11.4 Å². The van der Waals surface area contributed by atoms with E-state index in [1.807, 2.05) is 0 Å². The number of hydrogen-bond donors (Lipinski definition) is 1. The van der Waals surface area contributed by atoms with E-state index in [9.17, 15) is 14.9 Å². The maximum Gasteiger partial charge on any atom is 0.292 e. The van der Waals surface area contributed by atoms with Crippen molar-refractivity contribution in [3.05, 3.63) is 61.6 Å². The molecule has 0 aliphatic rings. The third-order valence-corrected chi connectivity index (χ3v) is 3.66. The van der Waals surface area contributed by atoms with Crippen LogP contribution in [0.5, 0.6) is 5.75 Å². The Labute approximate surface area is 146 Å². The lowest BCUT2D eigenvalue weighted by atomic mass is 10.2. The van der Waals surface area contributed by atoms with Gasteiger partial charge in [0.25, 0.3) is 11.6 Å². The second-order valence-electron chi connectivity index (χ2n) is 4.33. The summed E-state index contributed by atoms with van der Waals surface area (Å²) in [7, 11) is 0. The van der Waals surface area contributed by atoms with Crippen LogP contribution in [0.4, 0.5) is 11.4 Å². The molecule has 120 valence electrons. The summed E-state index contributed by atoms with van der Waals surface area (Å²) in [5, 5.41) is 14.2. The molecule has 0 spiro atoms. The second-order valence-corrected chi connectivity index (χ2v) is 5.58. The maximum atomic E-state index is 11.9. The minimum absolute atomic E-state index is 0.00904. The average Bonchev–Trinajstić information content (AvgIpc) is 2.48. The largest absolute Gasteiger partial charge is 0.484 e. The van der Waals surface area contributed by atoms with Gasteiger partial charge in [-0.05, 0) is 24.3 Å². The average molecular weight is 376 g/mol. The van der Waals surface area contributed by atoms with Crippen molar-refractivity contribution in [2.45, 2.75) is 0 Å². The predicted octanol–water partition coefficient (Wildman–Crippen LogP) is 4.57. The molecule has 0 bridgehead atoms. The topological polar surface area (TPSA) is 81.5 Å². The van der Waals surface area contributed by atoms with Crippen LogP contribution in [-0.4, -0.2) is 17.4 Å². The van der Waals surface area contributed by atoms with Crippen molar-refractivity contribution in [3.8, 4) is 5.75 Å². The van der Waals surface area contributed by atoms with Crippen molar-refractivity contribution in [1.29, 1.82) is 0 Å². The molecule has 0 aliphatic carbocycles. The van der Waals surface area contributed by atoms with Gasteiger partial charge < -0.3 is 10.1 Å². The SMILES string of the molecule is O=C(COc1ccc(Cl)c(Cl)c1)Nc1cc(Cl)ccc1[N+](=O)[O-]. The van der Waals surface area contributed by atoms with Gasteiger partial charge in [-0.1, -0.05) is 34.8 Å². The molecule has 0 fully saturated rings. The van der Waals surface area contributed by atoms with Crippen LogP contribution in [0, 0.1) is 10.1 Å². The van der Waals surface area contributed by atoms with Crippen molar-refractivity contribution in [3.63, 3.8) is 0 Å². The van der Waals surface area contributed by atoms with Gasteiger partial charge in [-0.2, -0.15) is 0 Å². The standard InChI is InChI=1S/C14H9Cl3N2O4/c15-8-1-4-13(19(21)22)12(5-8)18-14(20)7-23-9-2-3-10(16)11(17)6-9/h1-6H,7H2,(H,18,20). The van der Waals surface area contributed by atoms with Gasteiger partial charge in [-0.25, -0.2) is 0 Å². The lowest BCUT2D eigenvalue weighted by Gasteiger charge is -2.09. The lowest BCUT2D eigenvalue weighted by molar-refractivity contribution is -0.383.